The van der Waals surface area contributed by atoms with Crippen molar-refractivity contribution in [1.82, 2.24) is 14.6 Å². The van der Waals surface area contributed by atoms with Crippen LogP contribution in [0, 0.1) is 0 Å². The van der Waals surface area contributed by atoms with Gasteiger partial charge in [-0.2, -0.15) is 9.50 Å². The van der Waals surface area contributed by atoms with Crippen molar-refractivity contribution in [3.05, 3.63) is 99.0 Å². The Morgan fingerprint density at radius 1 is 1.06 bits per heavy atom. The topological polar surface area (TPSA) is 69.6 Å². The lowest BCUT2D eigenvalue weighted by atomic mass is 10.2. The molecular weight excluding hydrogens is 446 g/mol. The number of hydrogen-bond donors (Lipinski definition) is 0. The molecule has 6 nitrogen and oxygen atoms in total. The molecule has 3 heterocycles. The van der Waals surface area contributed by atoms with Crippen LogP contribution in [-0.2, 0) is 0 Å². The monoisotopic (exact) mass is 461 g/mol. The molecule has 0 atom stereocenters. The fraction of sp³-hybridized carbons (Fsp3) is 0.0417. The fourth-order valence-corrected chi connectivity index (χ4v) is 4.15. The summed E-state index contributed by atoms with van der Waals surface area (Å²) in [5.74, 6) is 2.49. The maximum Gasteiger partial charge on any atom is 0.291 e. The summed E-state index contributed by atoms with van der Waals surface area (Å²) >= 11 is 7.20. The Kier molecular flexibility index (Phi) is 5.34. The number of thiazole rings is 1. The summed E-state index contributed by atoms with van der Waals surface area (Å²) < 4.78 is 13.2. The number of halogens is 1. The average molecular weight is 462 g/mol. The third-order valence-corrected chi connectivity index (χ3v) is 5.90. The van der Waals surface area contributed by atoms with Gasteiger partial charge in [0.15, 0.2) is 5.82 Å². The van der Waals surface area contributed by atoms with E-state index in [-0.39, 0.29) is 5.56 Å². The third-order valence-electron chi connectivity index (χ3n) is 4.69. The predicted octanol–water partition coefficient (Wildman–Crippen LogP) is 4.84. The molecule has 0 spiro atoms. The number of ether oxygens (including phenoxy) is 1. The summed E-state index contributed by atoms with van der Waals surface area (Å²) in [6.07, 6.45) is 3.39. The van der Waals surface area contributed by atoms with Crippen LogP contribution in [0.15, 0.2) is 82.5 Å². The SMILES string of the molecule is C=CCOc1ccc(-c2nc3sc(=Cc4ccc(-c5ccc(Cl)cc5)o4)c(=O)n3n2)cc1. The van der Waals surface area contributed by atoms with Crippen molar-refractivity contribution in [3.8, 4) is 28.5 Å². The van der Waals surface area contributed by atoms with Gasteiger partial charge in [-0.1, -0.05) is 35.6 Å². The van der Waals surface area contributed by atoms with Gasteiger partial charge in [-0.05, 0) is 60.7 Å². The molecule has 158 valence electrons. The van der Waals surface area contributed by atoms with Gasteiger partial charge < -0.3 is 9.15 Å². The predicted molar refractivity (Wildman–Crippen MR) is 126 cm³/mol. The molecule has 0 bridgehead atoms. The van der Waals surface area contributed by atoms with E-state index in [4.69, 9.17) is 20.8 Å². The Hall–Kier alpha value is -3.68. The lowest BCUT2D eigenvalue weighted by Gasteiger charge is -2.02. The first kappa shape index (κ1) is 20.2. The average Bonchev–Trinajstić information content (AvgIpc) is 3.51. The van der Waals surface area contributed by atoms with Gasteiger partial charge in [-0.3, -0.25) is 4.79 Å². The van der Waals surface area contributed by atoms with Crippen molar-refractivity contribution < 1.29 is 9.15 Å². The van der Waals surface area contributed by atoms with Gasteiger partial charge in [0.05, 0.1) is 0 Å². The molecule has 0 amide bonds. The van der Waals surface area contributed by atoms with Gasteiger partial charge in [0.25, 0.3) is 5.56 Å². The van der Waals surface area contributed by atoms with E-state index in [1.54, 1.807) is 24.3 Å². The lowest BCUT2D eigenvalue weighted by molar-refractivity contribution is 0.363. The molecule has 0 radical (unpaired) electrons. The zero-order valence-corrected chi connectivity index (χ0v) is 18.3. The molecule has 0 unspecified atom stereocenters. The van der Waals surface area contributed by atoms with Gasteiger partial charge in [0.2, 0.25) is 4.96 Å². The molecule has 0 saturated heterocycles. The number of fused-ring (bicyclic) bond motifs is 1. The maximum absolute atomic E-state index is 12.8. The first-order chi connectivity index (χ1) is 15.6. The zero-order chi connectivity index (χ0) is 22.1. The van der Waals surface area contributed by atoms with E-state index >= 15 is 0 Å². The second kappa shape index (κ2) is 8.45. The van der Waals surface area contributed by atoms with E-state index in [2.05, 4.69) is 16.7 Å². The minimum absolute atomic E-state index is 0.237. The zero-order valence-electron chi connectivity index (χ0n) is 16.7. The van der Waals surface area contributed by atoms with Crippen LogP contribution in [0.3, 0.4) is 0 Å². The Labute approximate surface area is 191 Å². The van der Waals surface area contributed by atoms with Crippen LogP contribution in [0.4, 0.5) is 0 Å². The fourth-order valence-electron chi connectivity index (χ4n) is 3.14. The summed E-state index contributed by atoms with van der Waals surface area (Å²) in [6.45, 7) is 4.07. The Balaban J connectivity index is 1.43. The Morgan fingerprint density at radius 3 is 2.53 bits per heavy atom. The highest BCUT2D eigenvalue weighted by molar-refractivity contribution is 7.15. The molecule has 0 aliphatic heterocycles. The minimum Gasteiger partial charge on any atom is -0.490 e. The summed E-state index contributed by atoms with van der Waals surface area (Å²) in [5.41, 5.74) is 1.47. The molecule has 2 aromatic carbocycles. The molecular formula is C24H16ClN3O3S. The van der Waals surface area contributed by atoms with Crippen molar-refractivity contribution in [2.45, 2.75) is 0 Å². The molecule has 0 aliphatic rings. The number of aromatic nitrogens is 3. The van der Waals surface area contributed by atoms with E-state index in [0.29, 0.717) is 38.5 Å². The highest BCUT2D eigenvalue weighted by atomic mass is 35.5. The van der Waals surface area contributed by atoms with E-state index in [0.717, 1.165) is 16.9 Å². The smallest absolute Gasteiger partial charge is 0.291 e. The van der Waals surface area contributed by atoms with E-state index in [9.17, 15) is 4.79 Å². The standard InChI is InChI=1S/C24H16ClN3O3S/c1-2-13-30-18-9-5-16(6-10-18)22-26-24-28(27-22)23(29)21(32-24)14-19-11-12-20(31-19)15-3-7-17(25)8-4-15/h2-12,14H,1,13H2. The molecule has 32 heavy (non-hydrogen) atoms. The largest absolute Gasteiger partial charge is 0.490 e. The van der Waals surface area contributed by atoms with Crippen molar-refractivity contribution in [2.75, 3.05) is 6.61 Å². The summed E-state index contributed by atoms with van der Waals surface area (Å²) in [4.78, 5) is 17.8. The molecule has 0 saturated carbocycles. The minimum atomic E-state index is -0.237. The van der Waals surface area contributed by atoms with Gasteiger partial charge in [-0.25, -0.2) is 0 Å². The van der Waals surface area contributed by atoms with Gasteiger partial charge in [-0.15, -0.1) is 5.10 Å². The molecule has 5 rings (SSSR count). The van der Waals surface area contributed by atoms with Crippen LogP contribution < -0.4 is 14.8 Å². The number of benzene rings is 2. The van der Waals surface area contributed by atoms with Crippen LogP contribution in [0.5, 0.6) is 5.75 Å². The number of rotatable bonds is 6. The maximum atomic E-state index is 12.8. The first-order valence-electron chi connectivity index (χ1n) is 9.72. The number of hydrogen-bond acceptors (Lipinski definition) is 6. The highest BCUT2D eigenvalue weighted by Gasteiger charge is 2.13. The van der Waals surface area contributed by atoms with Crippen LogP contribution in [0.2, 0.25) is 5.02 Å². The van der Waals surface area contributed by atoms with Crippen LogP contribution in [0.1, 0.15) is 5.76 Å². The van der Waals surface area contributed by atoms with Crippen LogP contribution in [0.25, 0.3) is 33.7 Å². The van der Waals surface area contributed by atoms with Gasteiger partial charge in [0, 0.05) is 22.2 Å². The third kappa shape index (κ3) is 3.95. The molecule has 0 aliphatic carbocycles. The second-order valence-electron chi connectivity index (χ2n) is 6.88. The van der Waals surface area contributed by atoms with E-state index in [1.807, 2.05) is 48.5 Å². The summed E-state index contributed by atoms with van der Waals surface area (Å²) in [5, 5.41) is 5.04. The van der Waals surface area contributed by atoms with Crippen molar-refractivity contribution >= 4 is 34.0 Å². The quantitative estimate of drug-likeness (QED) is 0.338. The number of furan rings is 1. The molecule has 3 aromatic heterocycles. The Morgan fingerprint density at radius 2 is 1.81 bits per heavy atom. The van der Waals surface area contributed by atoms with Crippen molar-refractivity contribution in [1.29, 1.82) is 0 Å². The van der Waals surface area contributed by atoms with E-state index in [1.165, 1.54) is 15.9 Å². The summed E-state index contributed by atoms with van der Waals surface area (Å²) in [7, 11) is 0. The molecule has 5 aromatic rings. The molecule has 8 heteroatoms. The lowest BCUT2D eigenvalue weighted by Crippen LogP contribution is -2.23. The first-order valence-corrected chi connectivity index (χ1v) is 10.9. The van der Waals surface area contributed by atoms with Crippen molar-refractivity contribution in [2.24, 2.45) is 0 Å². The Bertz CT molecular complexity index is 1520. The highest BCUT2D eigenvalue weighted by Crippen LogP contribution is 2.24. The number of nitrogens with zero attached hydrogens (tertiary/aromatic N) is 3. The van der Waals surface area contributed by atoms with Gasteiger partial charge in [0.1, 0.15) is 28.4 Å². The van der Waals surface area contributed by atoms with E-state index < -0.39 is 0 Å². The van der Waals surface area contributed by atoms with Crippen molar-refractivity contribution in [3.63, 3.8) is 0 Å². The molecule has 0 N–H and O–H groups in total. The second-order valence-corrected chi connectivity index (χ2v) is 8.32. The molecule has 0 fully saturated rings. The van der Waals surface area contributed by atoms with Crippen LogP contribution in [-0.4, -0.2) is 21.2 Å². The normalized spacial score (nSPS) is 11.8. The van der Waals surface area contributed by atoms with Gasteiger partial charge >= 0.3 is 0 Å². The summed E-state index contributed by atoms with van der Waals surface area (Å²) in [6, 6.07) is 18.4. The van der Waals surface area contributed by atoms with Crippen LogP contribution >= 0.6 is 22.9 Å².